The molecule has 0 atom stereocenters. The number of rotatable bonds is 4. The first-order chi connectivity index (χ1) is 12.7. The summed E-state index contributed by atoms with van der Waals surface area (Å²) in [7, 11) is 0. The highest BCUT2D eigenvalue weighted by molar-refractivity contribution is 6.04. The van der Waals surface area contributed by atoms with Crippen molar-refractivity contribution in [3.05, 3.63) is 54.1 Å². The Kier molecular flexibility index (Phi) is 4.48. The number of amides is 2. The molecule has 0 saturated carbocycles. The van der Waals surface area contributed by atoms with E-state index >= 15 is 0 Å². The van der Waals surface area contributed by atoms with Crippen LogP contribution in [-0.4, -0.2) is 38.2 Å². The molecule has 134 valence electrons. The molecule has 2 aliphatic rings. The van der Waals surface area contributed by atoms with Crippen molar-refractivity contribution in [1.82, 2.24) is 0 Å². The number of cyclic esters (lactones) is 1. The minimum absolute atomic E-state index is 0.147. The third-order valence-electron chi connectivity index (χ3n) is 4.80. The van der Waals surface area contributed by atoms with E-state index in [0.29, 0.717) is 24.4 Å². The number of nitrogens with zero attached hydrogens (tertiary/aromatic N) is 2. The van der Waals surface area contributed by atoms with Crippen LogP contribution in [0.4, 0.5) is 21.9 Å². The first-order valence-electron chi connectivity index (χ1n) is 8.91. The maximum Gasteiger partial charge on any atom is 0.414 e. The van der Waals surface area contributed by atoms with E-state index < -0.39 is 0 Å². The summed E-state index contributed by atoms with van der Waals surface area (Å²) >= 11 is 0. The Hall–Kier alpha value is -3.02. The number of benzene rings is 2. The molecule has 0 aliphatic carbocycles. The summed E-state index contributed by atoms with van der Waals surface area (Å²) in [5.74, 6) is -0.147. The highest BCUT2D eigenvalue weighted by atomic mass is 16.6. The van der Waals surface area contributed by atoms with Gasteiger partial charge in [0.25, 0.3) is 5.91 Å². The van der Waals surface area contributed by atoms with Crippen LogP contribution in [0.15, 0.2) is 48.5 Å². The van der Waals surface area contributed by atoms with Crippen LogP contribution in [-0.2, 0) is 4.74 Å². The summed E-state index contributed by atoms with van der Waals surface area (Å²) < 4.78 is 4.93. The molecular weight excluding hydrogens is 330 g/mol. The van der Waals surface area contributed by atoms with E-state index in [2.05, 4.69) is 10.2 Å². The molecule has 0 unspecified atom stereocenters. The van der Waals surface area contributed by atoms with Crippen LogP contribution in [0.3, 0.4) is 0 Å². The minimum atomic E-state index is -0.333. The molecule has 2 fully saturated rings. The van der Waals surface area contributed by atoms with Crippen LogP contribution in [0.25, 0.3) is 0 Å². The van der Waals surface area contributed by atoms with E-state index in [0.717, 1.165) is 18.8 Å². The van der Waals surface area contributed by atoms with E-state index in [1.54, 1.807) is 29.2 Å². The van der Waals surface area contributed by atoms with E-state index in [-0.39, 0.29) is 12.0 Å². The Morgan fingerprint density at radius 2 is 1.54 bits per heavy atom. The van der Waals surface area contributed by atoms with Crippen molar-refractivity contribution < 1.29 is 14.3 Å². The summed E-state index contributed by atoms with van der Waals surface area (Å²) in [6.45, 7) is 3.13. The van der Waals surface area contributed by atoms with Crippen molar-refractivity contribution in [2.24, 2.45) is 0 Å². The molecule has 0 bridgehead atoms. The molecule has 2 saturated heterocycles. The Morgan fingerprint density at radius 3 is 2.15 bits per heavy atom. The van der Waals surface area contributed by atoms with Gasteiger partial charge in [-0.2, -0.15) is 0 Å². The van der Waals surface area contributed by atoms with Crippen LogP contribution >= 0.6 is 0 Å². The third kappa shape index (κ3) is 3.35. The zero-order chi connectivity index (χ0) is 17.9. The van der Waals surface area contributed by atoms with Gasteiger partial charge in [-0.3, -0.25) is 9.69 Å². The van der Waals surface area contributed by atoms with Crippen molar-refractivity contribution in [2.45, 2.75) is 12.8 Å². The number of ether oxygens (including phenoxy) is 1. The Morgan fingerprint density at radius 1 is 0.885 bits per heavy atom. The number of carbonyl (C=O) groups excluding carboxylic acids is 2. The lowest BCUT2D eigenvalue weighted by Crippen LogP contribution is -2.23. The molecule has 0 aromatic heterocycles. The molecule has 4 rings (SSSR count). The van der Waals surface area contributed by atoms with E-state index in [1.165, 1.54) is 18.5 Å². The smallest absolute Gasteiger partial charge is 0.414 e. The lowest BCUT2D eigenvalue weighted by molar-refractivity contribution is 0.102. The molecule has 2 heterocycles. The average Bonchev–Trinajstić information content (AvgIpc) is 3.34. The monoisotopic (exact) mass is 351 g/mol. The number of hydrogen-bond acceptors (Lipinski definition) is 4. The fourth-order valence-electron chi connectivity index (χ4n) is 3.35. The quantitative estimate of drug-likeness (QED) is 0.916. The zero-order valence-corrected chi connectivity index (χ0v) is 14.5. The lowest BCUT2D eigenvalue weighted by Gasteiger charge is -2.17. The van der Waals surface area contributed by atoms with Gasteiger partial charge in [0.15, 0.2) is 0 Å². The maximum atomic E-state index is 12.4. The van der Waals surface area contributed by atoms with Crippen molar-refractivity contribution >= 4 is 29.1 Å². The van der Waals surface area contributed by atoms with Crippen molar-refractivity contribution in [1.29, 1.82) is 0 Å². The molecule has 0 spiro atoms. The van der Waals surface area contributed by atoms with Crippen molar-refractivity contribution in [2.75, 3.05) is 41.4 Å². The van der Waals surface area contributed by atoms with Crippen molar-refractivity contribution in [3.8, 4) is 0 Å². The standard InChI is InChI=1S/C20H21N3O3/c24-19(15-3-7-17(8-4-15)22-11-1-2-12-22)21-16-5-9-18(10-6-16)23-13-14-26-20(23)25/h3-10H,1-2,11-14H2,(H,21,24). The second-order valence-electron chi connectivity index (χ2n) is 6.51. The molecule has 2 aliphatic heterocycles. The topological polar surface area (TPSA) is 61.9 Å². The summed E-state index contributed by atoms with van der Waals surface area (Å²) in [5.41, 5.74) is 3.25. The molecule has 6 nitrogen and oxygen atoms in total. The zero-order valence-electron chi connectivity index (χ0n) is 14.5. The Bertz CT molecular complexity index is 796. The SMILES string of the molecule is O=C(Nc1ccc(N2CCOC2=O)cc1)c1ccc(N2CCCC2)cc1. The Labute approximate surface area is 152 Å². The number of hydrogen-bond donors (Lipinski definition) is 1. The van der Waals surface area contributed by atoms with Gasteiger partial charge in [0, 0.05) is 35.7 Å². The van der Waals surface area contributed by atoms with E-state index in [1.807, 2.05) is 24.3 Å². The highest BCUT2D eigenvalue weighted by Gasteiger charge is 2.23. The van der Waals surface area contributed by atoms with Gasteiger partial charge in [-0.05, 0) is 61.4 Å². The first kappa shape index (κ1) is 16.4. The molecule has 0 radical (unpaired) electrons. The van der Waals surface area contributed by atoms with Gasteiger partial charge in [0.05, 0.1) is 6.54 Å². The van der Waals surface area contributed by atoms with Gasteiger partial charge in [-0.15, -0.1) is 0 Å². The second kappa shape index (κ2) is 7.07. The van der Waals surface area contributed by atoms with Gasteiger partial charge < -0.3 is 15.0 Å². The molecule has 2 aromatic rings. The second-order valence-corrected chi connectivity index (χ2v) is 6.51. The summed E-state index contributed by atoms with van der Waals surface area (Å²) in [4.78, 5) is 27.9. The fraction of sp³-hybridized carbons (Fsp3) is 0.300. The van der Waals surface area contributed by atoms with Crippen molar-refractivity contribution in [3.63, 3.8) is 0 Å². The third-order valence-corrected chi connectivity index (χ3v) is 4.80. The summed E-state index contributed by atoms with van der Waals surface area (Å²) in [6, 6.07) is 14.9. The van der Waals surface area contributed by atoms with Crippen LogP contribution in [0.1, 0.15) is 23.2 Å². The van der Waals surface area contributed by atoms with Crippen LogP contribution < -0.4 is 15.1 Å². The molecule has 2 amide bonds. The molecular formula is C20H21N3O3. The summed E-state index contributed by atoms with van der Waals surface area (Å²) in [6.07, 6.45) is 2.13. The van der Waals surface area contributed by atoms with Gasteiger partial charge in [-0.25, -0.2) is 4.79 Å². The molecule has 2 aromatic carbocycles. The molecule has 6 heteroatoms. The van der Waals surface area contributed by atoms with Gasteiger partial charge >= 0.3 is 6.09 Å². The van der Waals surface area contributed by atoms with Gasteiger partial charge in [-0.1, -0.05) is 0 Å². The van der Waals surface area contributed by atoms with E-state index in [4.69, 9.17) is 4.74 Å². The lowest BCUT2D eigenvalue weighted by atomic mass is 10.1. The predicted octanol–water partition coefficient (Wildman–Crippen LogP) is 3.50. The first-order valence-corrected chi connectivity index (χ1v) is 8.91. The molecule has 26 heavy (non-hydrogen) atoms. The summed E-state index contributed by atoms with van der Waals surface area (Å²) in [5, 5.41) is 2.89. The molecule has 1 N–H and O–H groups in total. The normalized spacial score (nSPS) is 16.7. The van der Waals surface area contributed by atoms with Crippen LogP contribution in [0.5, 0.6) is 0 Å². The maximum absolute atomic E-state index is 12.4. The average molecular weight is 351 g/mol. The fourth-order valence-corrected chi connectivity index (χ4v) is 3.35. The van der Waals surface area contributed by atoms with Gasteiger partial charge in [0.1, 0.15) is 6.61 Å². The van der Waals surface area contributed by atoms with Crippen LogP contribution in [0.2, 0.25) is 0 Å². The number of anilines is 3. The number of nitrogens with one attached hydrogen (secondary N) is 1. The van der Waals surface area contributed by atoms with Gasteiger partial charge in [0.2, 0.25) is 0 Å². The highest BCUT2D eigenvalue weighted by Crippen LogP contribution is 2.23. The van der Waals surface area contributed by atoms with E-state index in [9.17, 15) is 9.59 Å². The van der Waals surface area contributed by atoms with Crippen LogP contribution in [0, 0.1) is 0 Å². The predicted molar refractivity (Wildman–Crippen MR) is 101 cm³/mol. The largest absolute Gasteiger partial charge is 0.447 e. The number of carbonyl (C=O) groups is 2. The minimum Gasteiger partial charge on any atom is -0.447 e. The Balaban J connectivity index is 1.40.